The number of hydrogen-bond donors (Lipinski definition) is 0. The molecule has 3 aromatic rings. The SMILES string of the molecule is C[C@@H](c1ccccc1)P(c1ccccc1)c1ccccc1. The highest BCUT2D eigenvalue weighted by Crippen LogP contribution is 2.48. The normalized spacial score (nSPS) is 12.3. The second-order valence-electron chi connectivity index (χ2n) is 5.13. The molecule has 0 aliphatic rings. The van der Waals surface area contributed by atoms with Crippen molar-refractivity contribution in [2.24, 2.45) is 0 Å². The van der Waals surface area contributed by atoms with Crippen LogP contribution in [0.3, 0.4) is 0 Å². The van der Waals surface area contributed by atoms with E-state index in [1.165, 1.54) is 16.2 Å². The smallest absolute Gasteiger partial charge is 0.00936 e. The van der Waals surface area contributed by atoms with Crippen molar-refractivity contribution in [3.05, 3.63) is 96.6 Å². The number of hydrogen-bond acceptors (Lipinski definition) is 0. The molecular weight excluding hydrogens is 271 g/mol. The lowest BCUT2D eigenvalue weighted by Gasteiger charge is -2.26. The summed E-state index contributed by atoms with van der Waals surface area (Å²) in [6, 6.07) is 32.6. The Morgan fingerprint density at radius 2 is 0.952 bits per heavy atom. The Hall–Kier alpha value is -1.91. The minimum absolute atomic E-state index is 0.388. The Morgan fingerprint density at radius 3 is 1.38 bits per heavy atom. The van der Waals surface area contributed by atoms with Gasteiger partial charge in [-0.15, -0.1) is 0 Å². The van der Waals surface area contributed by atoms with E-state index in [0.29, 0.717) is 5.66 Å². The highest BCUT2D eigenvalue weighted by atomic mass is 31.1. The van der Waals surface area contributed by atoms with Gasteiger partial charge in [-0.25, -0.2) is 0 Å². The Bertz CT molecular complexity index is 622. The van der Waals surface area contributed by atoms with E-state index in [-0.39, 0.29) is 7.92 Å². The molecule has 104 valence electrons. The molecule has 0 N–H and O–H groups in total. The zero-order chi connectivity index (χ0) is 14.5. The van der Waals surface area contributed by atoms with Crippen molar-refractivity contribution < 1.29 is 0 Å². The van der Waals surface area contributed by atoms with Crippen LogP contribution in [-0.4, -0.2) is 0 Å². The first kappa shape index (κ1) is 14.0. The van der Waals surface area contributed by atoms with Gasteiger partial charge in [0.25, 0.3) is 0 Å². The van der Waals surface area contributed by atoms with Crippen LogP contribution < -0.4 is 10.6 Å². The molecule has 0 unspecified atom stereocenters. The molecule has 0 amide bonds. The Balaban J connectivity index is 2.05. The molecule has 0 spiro atoms. The third-order valence-electron chi connectivity index (χ3n) is 3.74. The minimum Gasteiger partial charge on any atom is -0.0622 e. The Morgan fingerprint density at radius 1 is 0.571 bits per heavy atom. The summed E-state index contributed by atoms with van der Waals surface area (Å²) < 4.78 is 0. The average Bonchev–Trinajstić information content (AvgIpc) is 2.58. The molecule has 0 bridgehead atoms. The summed E-state index contributed by atoms with van der Waals surface area (Å²) in [5.74, 6) is 0. The van der Waals surface area contributed by atoms with Crippen molar-refractivity contribution in [2.45, 2.75) is 12.6 Å². The fourth-order valence-corrected chi connectivity index (χ4v) is 5.30. The highest BCUT2D eigenvalue weighted by molar-refractivity contribution is 7.73. The van der Waals surface area contributed by atoms with Gasteiger partial charge in [0, 0.05) is 5.66 Å². The predicted octanol–water partition coefficient (Wildman–Crippen LogP) is 4.88. The van der Waals surface area contributed by atoms with Crippen molar-refractivity contribution in [1.82, 2.24) is 0 Å². The molecule has 0 heterocycles. The standard InChI is InChI=1S/C20H19P/c1-17(18-11-5-2-6-12-18)21(19-13-7-3-8-14-19)20-15-9-4-10-16-20/h2-17H,1H3/t17-/m0/s1. The lowest BCUT2D eigenvalue weighted by Crippen LogP contribution is -2.15. The van der Waals surface area contributed by atoms with Gasteiger partial charge in [0.05, 0.1) is 0 Å². The van der Waals surface area contributed by atoms with Crippen molar-refractivity contribution in [3.63, 3.8) is 0 Å². The first-order valence-electron chi connectivity index (χ1n) is 7.30. The van der Waals surface area contributed by atoms with Crippen LogP contribution in [0.2, 0.25) is 0 Å². The van der Waals surface area contributed by atoms with Crippen molar-refractivity contribution in [1.29, 1.82) is 0 Å². The maximum Gasteiger partial charge on any atom is 0.00936 e. The minimum atomic E-state index is -0.388. The van der Waals surface area contributed by atoms with Crippen LogP contribution in [0.15, 0.2) is 91.0 Å². The van der Waals surface area contributed by atoms with Gasteiger partial charge in [0.1, 0.15) is 0 Å². The molecule has 3 rings (SSSR count). The fraction of sp³-hybridized carbons (Fsp3) is 0.100. The van der Waals surface area contributed by atoms with E-state index in [4.69, 9.17) is 0 Å². The van der Waals surface area contributed by atoms with E-state index in [2.05, 4.69) is 97.9 Å². The molecule has 21 heavy (non-hydrogen) atoms. The van der Waals surface area contributed by atoms with Crippen molar-refractivity contribution in [2.75, 3.05) is 0 Å². The molecule has 3 aromatic carbocycles. The molecule has 0 radical (unpaired) electrons. The Labute approximate surface area is 128 Å². The van der Waals surface area contributed by atoms with Gasteiger partial charge in [-0.2, -0.15) is 0 Å². The molecule has 0 aliphatic carbocycles. The zero-order valence-corrected chi connectivity index (χ0v) is 13.1. The predicted molar refractivity (Wildman–Crippen MR) is 93.9 cm³/mol. The van der Waals surface area contributed by atoms with Gasteiger partial charge in [-0.05, 0) is 24.1 Å². The molecule has 0 saturated heterocycles. The maximum absolute atomic E-state index is 2.35. The van der Waals surface area contributed by atoms with Gasteiger partial charge in [-0.3, -0.25) is 0 Å². The monoisotopic (exact) mass is 290 g/mol. The van der Waals surface area contributed by atoms with Gasteiger partial charge in [0.15, 0.2) is 0 Å². The summed E-state index contributed by atoms with van der Waals surface area (Å²) in [4.78, 5) is 0. The molecule has 0 fully saturated rings. The van der Waals surface area contributed by atoms with E-state index in [9.17, 15) is 0 Å². The van der Waals surface area contributed by atoms with E-state index >= 15 is 0 Å². The van der Waals surface area contributed by atoms with Crippen LogP contribution in [-0.2, 0) is 0 Å². The summed E-state index contributed by atoms with van der Waals surface area (Å²) in [6.07, 6.45) is 0. The van der Waals surface area contributed by atoms with Crippen LogP contribution in [0, 0.1) is 0 Å². The molecular formula is C20H19P. The summed E-state index contributed by atoms with van der Waals surface area (Å²) in [6.45, 7) is 2.35. The van der Waals surface area contributed by atoms with E-state index in [1.54, 1.807) is 0 Å². The van der Waals surface area contributed by atoms with Gasteiger partial charge in [-0.1, -0.05) is 97.9 Å². The summed E-state index contributed by atoms with van der Waals surface area (Å²) in [5.41, 5.74) is 1.92. The largest absolute Gasteiger partial charge is 0.0622 e. The highest BCUT2D eigenvalue weighted by Gasteiger charge is 2.21. The lowest BCUT2D eigenvalue weighted by atomic mass is 10.2. The topological polar surface area (TPSA) is 0 Å². The fourth-order valence-electron chi connectivity index (χ4n) is 2.65. The maximum atomic E-state index is 2.35. The van der Waals surface area contributed by atoms with Gasteiger partial charge >= 0.3 is 0 Å². The molecule has 1 heteroatoms. The third-order valence-corrected chi connectivity index (χ3v) is 6.52. The zero-order valence-electron chi connectivity index (χ0n) is 12.2. The van der Waals surface area contributed by atoms with Crippen LogP contribution in [0.1, 0.15) is 18.1 Å². The van der Waals surface area contributed by atoms with Crippen molar-refractivity contribution in [3.8, 4) is 0 Å². The average molecular weight is 290 g/mol. The van der Waals surface area contributed by atoms with E-state index in [0.717, 1.165) is 0 Å². The Kier molecular flexibility index (Phi) is 4.48. The first-order chi connectivity index (χ1) is 10.4. The van der Waals surface area contributed by atoms with E-state index < -0.39 is 0 Å². The van der Waals surface area contributed by atoms with Crippen molar-refractivity contribution >= 4 is 18.5 Å². The van der Waals surface area contributed by atoms with Crippen LogP contribution in [0.5, 0.6) is 0 Å². The first-order valence-corrected chi connectivity index (χ1v) is 8.71. The molecule has 0 nitrogen and oxygen atoms in total. The quantitative estimate of drug-likeness (QED) is 0.601. The van der Waals surface area contributed by atoms with Gasteiger partial charge in [0.2, 0.25) is 0 Å². The lowest BCUT2D eigenvalue weighted by molar-refractivity contribution is 1.09. The van der Waals surface area contributed by atoms with Crippen LogP contribution >= 0.6 is 7.92 Å². The summed E-state index contributed by atoms with van der Waals surface area (Å²) in [7, 11) is -0.388. The van der Waals surface area contributed by atoms with Crippen LogP contribution in [0.25, 0.3) is 0 Å². The third kappa shape index (κ3) is 3.23. The summed E-state index contributed by atoms with van der Waals surface area (Å²) >= 11 is 0. The molecule has 0 aliphatic heterocycles. The second-order valence-corrected chi connectivity index (χ2v) is 7.68. The second kappa shape index (κ2) is 6.70. The van der Waals surface area contributed by atoms with Gasteiger partial charge < -0.3 is 0 Å². The molecule has 0 saturated carbocycles. The molecule has 1 atom stereocenters. The number of benzene rings is 3. The van der Waals surface area contributed by atoms with Crippen LogP contribution in [0.4, 0.5) is 0 Å². The van der Waals surface area contributed by atoms with E-state index in [1.807, 2.05) is 0 Å². The molecule has 0 aromatic heterocycles. The summed E-state index contributed by atoms with van der Waals surface area (Å²) in [5, 5.41) is 2.88. The number of rotatable bonds is 4.